The fourth-order valence-corrected chi connectivity index (χ4v) is 2.61. The van der Waals surface area contributed by atoms with Crippen molar-refractivity contribution >= 4 is 49.4 Å². The van der Waals surface area contributed by atoms with Crippen LogP contribution in [0.3, 0.4) is 0 Å². The van der Waals surface area contributed by atoms with Gasteiger partial charge in [0.05, 0.1) is 11.4 Å². The zero-order chi connectivity index (χ0) is 12.1. The maximum absolute atomic E-state index is 11.5. The lowest BCUT2D eigenvalue weighted by atomic mass is 10.1. The highest BCUT2D eigenvalue weighted by Crippen LogP contribution is 2.35. The lowest BCUT2D eigenvalue weighted by molar-refractivity contribution is -0.142. The van der Waals surface area contributed by atoms with Gasteiger partial charge in [0, 0.05) is 5.02 Å². The highest BCUT2D eigenvalue weighted by molar-refractivity contribution is 9.12. The number of carbonyl (C=O) groups is 1. The van der Waals surface area contributed by atoms with Crippen LogP contribution in [0.2, 0.25) is 5.02 Å². The molecule has 0 aliphatic carbocycles. The normalized spacial score (nSPS) is 14.2. The number of ether oxygens (including phenoxy) is 1. The van der Waals surface area contributed by atoms with Crippen LogP contribution in [0.4, 0.5) is 0 Å². The van der Waals surface area contributed by atoms with Gasteiger partial charge < -0.3 is 4.74 Å². The van der Waals surface area contributed by atoms with Crippen LogP contribution in [-0.4, -0.2) is 17.4 Å². The van der Waals surface area contributed by atoms with Crippen LogP contribution < -0.4 is 0 Å². The molecule has 0 aromatic heterocycles. The average molecular weight is 370 g/mol. The molecule has 0 saturated heterocycles. The third-order valence-corrected chi connectivity index (χ3v) is 4.95. The van der Waals surface area contributed by atoms with Crippen LogP contribution in [0.5, 0.6) is 0 Å². The molecule has 16 heavy (non-hydrogen) atoms. The minimum Gasteiger partial charge on any atom is -0.465 e. The Morgan fingerprint density at radius 3 is 2.62 bits per heavy atom. The van der Waals surface area contributed by atoms with E-state index in [9.17, 15) is 4.79 Å². The van der Waals surface area contributed by atoms with Crippen LogP contribution in [0, 0.1) is 0 Å². The number of benzene rings is 1. The molecule has 2 nitrogen and oxygen atoms in total. The lowest BCUT2D eigenvalue weighted by Gasteiger charge is -2.16. The summed E-state index contributed by atoms with van der Waals surface area (Å²) >= 11 is 12.8. The summed E-state index contributed by atoms with van der Waals surface area (Å²) in [5.74, 6) is -0.302. The predicted octanol–water partition coefficient (Wildman–Crippen LogP) is 4.10. The van der Waals surface area contributed by atoms with Gasteiger partial charge in [0.2, 0.25) is 0 Å². The van der Waals surface area contributed by atoms with Crippen molar-refractivity contribution in [3.63, 3.8) is 0 Å². The number of hydrogen-bond donors (Lipinski definition) is 0. The molecule has 1 rings (SSSR count). The average Bonchev–Trinajstić information content (AvgIpc) is 2.28. The molecule has 88 valence electrons. The van der Waals surface area contributed by atoms with Crippen molar-refractivity contribution in [1.82, 2.24) is 0 Å². The molecule has 0 fully saturated rings. The minimum atomic E-state index is -0.452. The minimum absolute atomic E-state index is 0.208. The number of alkyl halides is 2. The predicted molar refractivity (Wildman–Crippen MR) is 72.5 cm³/mol. The molecule has 1 aromatic carbocycles. The first-order valence-corrected chi connectivity index (χ1v) is 6.98. The van der Waals surface area contributed by atoms with Crippen molar-refractivity contribution in [3.8, 4) is 0 Å². The second kappa shape index (κ2) is 6.62. The van der Waals surface area contributed by atoms with Crippen molar-refractivity contribution in [1.29, 1.82) is 0 Å². The second-order valence-corrected chi connectivity index (χ2v) is 5.46. The molecular formula is C11H11Br2ClO2. The zero-order valence-corrected chi connectivity index (χ0v) is 12.5. The van der Waals surface area contributed by atoms with Crippen molar-refractivity contribution in [2.75, 3.05) is 6.61 Å². The van der Waals surface area contributed by atoms with Crippen LogP contribution in [0.25, 0.3) is 0 Å². The fourth-order valence-electron chi connectivity index (χ4n) is 1.20. The lowest BCUT2D eigenvalue weighted by Crippen LogP contribution is -2.21. The Morgan fingerprint density at radius 2 is 2.06 bits per heavy atom. The van der Waals surface area contributed by atoms with Crippen molar-refractivity contribution in [2.45, 2.75) is 16.6 Å². The first-order valence-electron chi connectivity index (χ1n) is 4.77. The smallest absolute Gasteiger partial charge is 0.321 e. The largest absolute Gasteiger partial charge is 0.465 e. The topological polar surface area (TPSA) is 26.3 Å². The Kier molecular flexibility index (Phi) is 5.79. The standard InChI is InChI=1S/C11H11Br2ClO2/c1-2-16-11(15)10(13)9(12)7-5-3-4-6-8(7)14/h3-6,9-10H,2H2,1H3. The summed E-state index contributed by atoms with van der Waals surface area (Å²) in [7, 11) is 0. The van der Waals surface area contributed by atoms with Gasteiger partial charge >= 0.3 is 5.97 Å². The first kappa shape index (κ1) is 14.0. The van der Waals surface area contributed by atoms with Crippen LogP contribution >= 0.6 is 43.5 Å². The van der Waals surface area contributed by atoms with Crippen LogP contribution in [0.15, 0.2) is 24.3 Å². The van der Waals surface area contributed by atoms with Gasteiger partial charge in [-0.3, -0.25) is 4.79 Å². The molecule has 0 heterocycles. The molecule has 0 aliphatic rings. The Balaban J connectivity index is 2.82. The van der Waals surface area contributed by atoms with Crippen molar-refractivity contribution in [2.24, 2.45) is 0 Å². The SMILES string of the molecule is CCOC(=O)C(Br)C(Br)c1ccccc1Cl. The highest BCUT2D eigenvalue weighted by atomic mass is 79.9. The maximum Gasteiger partial charge on any atom is 0.321 e. The monoisotopic (exact) mass is 368 g/mol. The van der Waals surface area contributed by atoms with E-state index >= 15 is 0 Å². The molecule has 0 N–H and O–H groups in total. The third kappa shape index (κ3) is 3.47. The zero-order valence-electron chi connectivity index (χ0n) is 8.62. The Labute approximate surface area is 117 Å². The summed E-state index contributed by atoms with van der Waals surface area (Å²) in [6.45, 7) is 2.14. The first-order chi connectivity index (χ1) is 7.57. The Bertz CT molecular complexity index is 371. The van der Waals surface area contributed by atoms with Gasteiger partial charge in [-0.15, -0.1) is 0 Å². The third-order valence-electron chi connectivity index (χ3n) is 1.97. The van der Waals surface area contributed by atoms with Crippen molar-refractivity contribution in [3.05, 3.63) is 34.9 Å². The van der Waals surface area contributed by atoms with E-state index in [1.807, 2.05) is 18.2 Å². The Morgan fingerprint density at radius 1 is 1.44 bits per heavy atom. The van der Waals surface area contributed by atoms with Gasteiger partial charge in [-0.1, -0.05) is 61.7 Å². The van der Waals surface area contributed by atoms with E-state index in [1.54, 1.807) is 13.0 Å². The summed E-state index contributed by atoms with van der Waals surface area (Å²) in [6.07, 6.45) is 0. The molecule has 0 amide bonds. The molecule has 5 heteroatoms. The number of halogens is 3. The second-order valence-electron chi connectivity index (χ2n) is 3.08. The molecule has 0 aliphatic heterocycles. The van der Waals surface area contributed by atoms with Gasteiger partial charge in [-0.25, -0.2) is 0 Å². The van der Waals surface area contributed by atoms with E-state index in [2.05, 4.69) is 31.9 Å². The van der Waals surface area contributed by atoms with Gasteiger partial charge in [0.25, 0.3) is 0 Å². The van der Waals surface area contributed by atoms with Gasteiger partial charge in [0.15, 0.2) is 0 Å². The highest BCUT2D eigenvalue weighted by Gasteiger charge is 2.27. The van der Waals surface area contributed by atoms with E-state index in [0.29, 0.717) is 11.6 Å². The number of rotatable bonds is 4. The summed E-state index contributed by atoms with van der Waals surface area (Å²) in [6, 6.07) is 7.38. The molecule has 2 unspecified atom stereocenters. The maximum atomic E-state index is 11.5. The van der Waals surface area contributed by atoms with Gasteiger partial charge in [0.1, 0.15) is 4.83 Å². The molecular weight excluding hydrogens is 359 g/mol. The molecule has 0 saturated carbocycles. The summed E-state index contributed by atoms with van der Waals surface area (Å²) in [4.78, 5) is 10.9. The van der Waals surface area contributed by atoms with E-state index in [1.165, 1.54) is 0 Å². The van der Waals surface area contributed by atoms with Crippen molar-refractivity contribution < 1.29 is 9.53 Å². The van der Waals surface area contributed by atoms with E-state index < -0.39 is 4.83 Å². The number of esters is 1. The number of carbonyl (C=O) groups excluding carboxylic acids is 1. The van der Waals surface area contributed by atoms with E-state index in [4.69, 9.17) is 16.3 Å². The fraction of sp³-hybridized carbons (Fsp3) is 0.364. The summed E-state index contributed by atoms with van der Waals surface area (Å²) < 4.78 is 4.93. The van der Waals surface area contributed by atoms with E-state index in [0.717, 1.165) is 5.56 Å². The molecule has 0 spiro atoms. The van der Waals surface area contributed by atoms with E-state index in [-0.39, 0.29) is 10.8 Å². The van der Waals surface area contributed by atoms with Gasteiger partial charge in [-0.2, -0.15) is 0 Å². The number of hydrogen-bond acceptors (Lipinski definition) is 2. The molecule has 0 radical (unpaired) electrons. The van der Waals surface area contributed by atoms with Gasteiger partial charge in [-0.05, 0) is 18.6 Å². The summed E-state index contributed by atoms with van der Waals surface area (Å²) in [5.41, 5.74) is 0.860. The summed E-state index contributed by atoms with van der Waals surface area (Å²) in [5, 5.41) is 0.623. The molecule has 1 aromatic rings. The molecule has 0 bridgehead atoms. The quantitative estimate of drug-likeness (QED) is 0.589. The van der Waals surface area contributed by atoms with Crippen LogP contribution in [0.1, 0.15) is 17.3 Å². The van der Waals surface area contributed by atoms with Crippen LogP contribution in [-0.2, 0) is 9.53 Å². The Hall–Kier alpha value is -0.0600. The molecule has 2 atom stereocenters.